The van der Waals surface area contributed by atoms with E-state index in [4.69, 9.17) is 4.74 Å². The number of nitrogens with one attached hydrogen (secondary N) is 1. The van der Waals surface area contributed by atoms with Crippen molar-refractivity contribution in [2.24, 2.45) is 0 Å². The number of aromatic nitrogens is 3. The molecule has 0 aliphatic heterocycles. The smallest absolute Gasteiger partial charge is 0.338 e. The summed E-state index contributed by atoms with van der Waals surface area (Å²) in [4.78, 5) is 28.9. The maximum Gasteiger partial charge on any atom is 0.338 e. The molecular weight excluding hydrogens is 410 g/mol. The standard InChI is InChI=1S/C20H18BrN3O3/c21-15-11-16-22-17-13(18(25)24(16)23-15)8-10-20(17)9-4-7-14(20)27-19(26)12-5-2-1-3-6-12/h1-3,5-6,11,14,22H,4,7-10H2/t14-,20-/m1/s1. The van der Waals surface area contributed by atoms with Crippen LogP contribution < -0.4 is 5.56 Å². The molecule has 27 heavy (non-hydrogen) atoms. The topological polar surface area (TPSA) is 76.5 Å². The second-order valence-corrected chi connectivity index (χ2v) is 8.17. The third-order valence-electron chi connectivity index (χ3n) is 5.97. The molecule has 6 nitrogen and oxygen atoms in total. The van der Waals surface area contributed by atoms with E-state index in [0.717, 1.165) is 36.9 Å². The lowest BCUT2D eigenvalue weighted by molar-refractivity contribution is 0.0132. The minimum Gasteiger partial charge on any atom is -0.458 e. The highest BCUT2D eigenvalue weighted by atomic mass is 79.9. The lowest BCUT2D eigenvalue weighted by Gasteiger charge is -2.31. The summed E-state index contributed by atoms with van der Waals surface area (Å²) in [5, 5.41) is 4.22. The van der Waals surface area contributed by atoms with Gasteiger partial charge in [-0.1, -0.05) is 18.2 Å². The van der Waals surface area contributed by atoms with E-state index < -0.39 is 0 Å². The number of rotatable bonds is 2. The van der Waals surface area contributed by atoms with Crippen LogP contribution >= 0.6 is 15.9 Å². The number of hydrogen-bond donors (Lipinski definition) is 1. The average Bonchev–Trinajstić information content (AvgIpc) is 3.35. The van der Waals surface area contributed by atoms with E-state index in [9.17, 15) is 9.59 Å². The molecule has 1 saturated carbocycles. The number of carbonyl (C=O) groups excluding carboxylic acids is 1. The van der Waals surface area contributed by atoms with Crippen LogP contribution in [0.2, 0.25) is 0 Å². The van der Waals surface area contributed by atoms with Crippen LogP contribution in [0.25, 0.3) is 5.65 Å². The molecule has 2 aromatic heterocycles. The first-order valence-electron chi connectivity index (χ1n) is 9.15. The van der Waals surface area contributed by atoms with Gasteiger partial charge in [0.15, 0.2) is 0 Å². The Bertz CT molecular complexity index is 1100. The second-order valence-electron chi connectivity index (χ2n) is 7.36. The number of hydrogen-bond acceptors (Lipinski definition) is 4. The molecule has 138 valence electrons. The largest absolute Gasteiger partial charge is 0.458 e. The fraction of sp³-hybridized carbons (Fsp3) is 0.350. The first-order chi connectivity index (χ1) is 13.1. The number of fused-ring (bicyclic) bond motifs is 3. The van der Waals surface area contributed by atoms with Crippen LogP contribution in [0.3, 0.4) is 0 Å². The maximum atomic E-state index is 12.9. The molecule has 0 amide bonds. The van der Waals surface area contributed by atoms with Crippen molar-refractivity contribution in [2.45, 2.75) is 43.6 Å². The van der Waals surface area contributed by atoms with Gasteiger partial charge >= 0.3 is 5.97 Å². The van der Waals surface area contributed by atoms with Gasteiger partial charge in [0, 0.05) is 22.7 Å². The molecule has 0 bridgehead atoms. The highest BCUT2D eigenvalue weighted by molar-refractivity contribution is 9.10. The van der Waals surface area contributed by atoms with Crippen LogP contribution in [0.1, 0.15) is 47.3 Å². The van der Waals surface area contributed by atoms with Gasteiger partial charge in [-0.05, 0) is 60.2 Å². The van der Waals surface area contributed by atoms with Gasteiger partial charge in [-0.25, -0.2) is 4.79 Å². The van der Waals surface area contributed by atoms with Crippen molar-refractivity contribution in [1.82, 2.24) is 14.6 Å². The number of H-pyrrole nitrogens is 1. The SMILES string of the molecule is O=C(O[C@@H]1CCC[C@@]12CCc1c2[nH]c2cc(Br)nn2c1=O)c1ccccc1. The summed E-state index contributed by atoms with van der Waals surface area (Å²) in [5.74, 6) is -0.300. The Morgan fingerprint density at radius 1 is 1.30 bits per heavy atom. The Morgan fingerprint density at radius 3 is 2.93 bits per heavy atom. The molecule has 3 aromatic rings. The van der Waals surface area contributed by atoms with E-state index in [-0.39, 0.29) is 23.0 Å². The molecule has 1 aromatic carbocycles. The Hall–Kier alpha value is -2.41. The fourth-order valence-corrected chi connectivity index (χ4v) is 5.10. The molecule has 1 N–H and O–H groups in total. The Morgan fingerprint density at radius 2 is 2.11 bits per heavy atom. The Labute approximate surface area is 163 Å². The van der Waals surface area contributed by atoms with E-state index in [1.165, 1.54) is 4.52 Å². The first-order valence-corrected chi connectivity index (χ1v) is 9.95. The van der Waals surface area contributed by atoms with Crippen LogP contribution in [0.5, 0.6) is 0 Å². The van der Waals surface area contributed by atoms with Gasteiger partial charge in [0.1, 0.15) is 16.4 Å². The number of benzene rings is 1. The molecule has 0 unspecified atom stereocenters. The molecular formula is C20H18BrN3O3. The number of esters is 1. The molecule has 5 rings (SSSR count). The molecule has 2 aliphatic carbocycles. The lowest BCUT2D eigenvalue weighted by Crippen LogP contribution is -2.37. The molecule has 1 fully saturated rings. The zero-order valence-corrected chi connectivity index (χ0v) is 16.2. The van der Waals surface area contributed by atoms with Crippen molar-refractivity contribution < 1.29 is 9.53 Å². The number of aromatic amines is 1. The van der Waals surface area contributed by atoms with Gasteiger partial charge in [-0.15, -0.1) is 0 Å². The summed E-state index contributed by atoms with van der Waals surface area (Å²) in [6.45, 7) is 0. The van der Waals surface area contributed by atoms with Crippen molar-refractivity contribution in [2.75, 3.05) is 0 Å². The maximum absolute atomic E-state index is 12.9. The van der Waals surface area contributed by atoms with Crippen molar-refractivity contribution in [3.8, 4) is 0 Å². The third kappa shape index (κ3) is 2.48. The van der Waals surface area contributed by atoms with E-state index in [0.29, 0.717) is 22.2 Å². The second kappa shape index (κ2) is 6.05. The third-order valence-corrected chi connectivity index (χ3v) is 6.36. The summed E-state index contributed by atoms with van der Waals surface area (Å²) in [7, 11) is 0. The van der Waals surface area contributed by atoms with Gasteiger partial charge < -0.3 is 9.72 Å². The normalized spacial score (nSPS) is 23.8. The molecule has 2 atom stereocenters. The summed E-state index contributed by atoms with van der Waals surface area (Å²) in [5.41, 5.74) is 2.52. The summed E-state index contributed by atoms with van der Waals surface area (Å²) in [6.07, 6.45) is 3.97. The van der Waals surface area contributed by atoms with Gasteiger partial charge in [0.25, 0.3) is 5.56 Å². The minimum absolute atomic E-state index is 0.0821. The van der Waals surface area contributed by atoms with E-state index >= 15 is 0 Å². The first kappa shape index (κ1) is 16.7. The number of nitrogens with zero attached hydrogens (tertiary/aromatic N) is 2. The predicted molar refractivity (Wildman–Crippen MR) is 103 cm³/mol. The molecule has 0 radical (unpaired) electrons. The van der Waals surface area contributed by atoms with Crippen LogP contribution in [-0.2, 0) is 16.6 Å². The summed E-state index contributed by atoms with van der Waals surface area (Å²) >= 11 is 3.33. The van der Waals surface area contributed by atoms with Gasteiger partial charge in [-0.2, -0.15) is 9.61 Å². The minimum atomic E-state index is -0.308. The summed E-state index contributed by atoms with van der Waals surface area (Å²) in [6, 6.07) is 10.9. The van der Waals surface area contributed by atoms with Gasteiger partial charge in [-0.3, -0.25) is 4.79 Å². The van der Waals surface area contributed by atoms with Gasteiger partial charge in [0.2, 0.25) is 0 Å². The Balaban J connectivity index is 1.55. The van der Waals surface area contributed by atoms with Crippen LogP contribution in [0.15, 0.2) is 45.8 Å². The number of carbonyl (C=O) groups is 1. The molecule has 2 heterocycles. The quantitative estimate of drug-likeness (QED) is 0.635. The molecule has 7 heteroatoms. The lowest BCUT2D eigenvalue weighted by atomic mass is 9.81. The van der Waals surface area contributed by atoms with Crippen LogP contribution in [-0.4, -0.2) is 26.7 Å². The summed E-state index contributed by atoms with van der Waals surface area (Å²) < 4.78 is 7.98. The number of ether oxygens (including phenoxy) is 1. The van der Waals surface area contributed by atoms with Crippen molar-refractivity contribution >= 4 is 27.5 Å². The molecule has 2 aliphatic rings. The zero-order valence-electron chi connectivity index (χ0n) is 14.6. The van der Waals surface area contributed by atoms with Crippen LogP contribution in [0, 0.1) is 0 Å². The van der Waals surface area contributed by atoms with Crippen molar-refractivity contribution in [3.63, 3.8) is 0 Å². The highest BCUT2D eigenvalue weighted by Gasteiger charge is 2.52. The monoisotopic (exact) mass is 427 g/mol. The van der Waals surface area contributed by atoms with E-state index in [1.54, 1.807) is 18.2 Å². The predicted octanol–water partition coefficient (Wildman–Crippen LogP) is 3.38. The van der Waals surface area contributed by atoms with Crippen molar-refractivity contribution in [3.05, 3.63) is 68.2 Å². The fourth-order valence-electron chi connectivity index (χ4n) is 4.72. The van der Waals surface area contributed by atoms with Crippen LogP contribution in [0.4, 0.5) is 0 Å². The number of halogens is 1. The highest BCUT2D eigenvalue weighted by Crippen LogP contribution is 2.50. The van der Waals surface area contributed by atoms with E-state index in [2.05, 4.69) is 26.0 Å². The molecule has 0 saturated heterocycles. The average molecular weight is 428 g/mol. The van der Waals surface area contributed by atoms with Crippen molar-refractivity contribution in [1.29, 1.82) is 0 Å². The zero-order chi connectivity index (χ0) is 18.6. The Kier molecular flexibility index (Phi) is 3.75. The van der Waals surface area contributed by atoms with Gasteiger partial charge in [0.05, 0.1) is 5.56 Å². The van der Waals surface area contributed by atoms with E-state index in [1.807, 2.05) is 18.2 Å². The molecule has 1 spiro atoms.